The van der Waals surface area contributed by atoms with Gasteiger partial charge in [-0.05, 0) is 44.9 Å². The van der Waals surface area contributed by atoms with Crippen molar-refractivity contribution in [3.63, 3.8) is 0 Å². The molecule has 3 heterocycles. The fraction of sp³-hybridized carbons (Fsp3) is 0.455. The number of rotatable bonds is 5. The van der Waals surface area contributed by atoms with Gasteiger partial charge in [-0.15, -0.1) is 0 Å². The number of nitrogens with zero attached hydrogens (tertiary/aromatic N) is 6. The van der Waals surface area contributed by atoms with Gasteiger partial charge in [0, 0.05) is 44.6 Å². The van der Waals surface area contributed by atoms with Crippen LogP contribution < -0.4 is 4.90 Å². The molecule has 0 aliphatic carbocycles. The predicted molar refractivity (Wildman–Crippen MR) is 116 cm³/mol. The molecule has 8 nitrogen and oxygen atoms in total. The van der Waals surface area contributed by atoms with Crippen molar-refractivity contribution in [3.8, 4) is 0 Å². The molecule has 1 unspecified atom stereocenters. The number of fused-ring (bicyclic) bond motifs is 1. The number of amides is 1. The lowest BCUT2D eigenvalue weighted by atomic mass is 9.92. The zero-order valence-electron chi connectivity index (χ0n) is 17.7. The van der Waals surface area contributed by atoms with Gasteiger partial charge < -0.3 is 19.5 Å². The first kappa shape index (κ1) is 20.3. The van der Waals surface area contributed by atoms with E-state index >= 15 is 0 Å². The summed E-state index contributed by atoms with van der Waals surface area (Å²) in [7, 11) is 1.74. The number of aromatic nitrogens is 4. The minimum Gasteiger partial charge on any atom is -0.386 e. The third-order valence-corrected chi connectivity index (χ3v) is 5.81. The van der Waals surface area contributed by atoms with Crippen LogP contribution in [-0.2, 0) is 6.54 Å². The lowest BCUT2D eigenvalue weighted by molar-refractivity contribution is -0.000140. The quantitative estimate of drug-likeness (QED) is 0.697. The molecule has 1 aliphatic rings. The van der Waals surface area contributed by atoms with Gasteiger partial charge in [0.2, 0.25) is 0 Å². The Balaban J connectivity index is 1.49. The molecule has 1 amide bonds. The summed E-state index contributed by atoms with van der Waals surface area (Å²) in [6, 6.07) is 5.63. The second-order valence-electron chi connectivity index (χ2n) is 8.08. The summed E-state index contributed by atoms with van der Waals surface area (Å²) in [6.07, 6.45) is 6.45. The second kappa shape index (κ2) is 8.02. The normalized spacial score (nSPS) is 19.3. The number of aryl methyl sites for hydroxylation is 2. The minimum absolute atomic E-state index is 0.120. The van der Waals surface area contributed by atoms with Crippen LogP contribution >= 0.6 is 0 Å². The molecule has 1 saturated heterocycles. The van der Waals surface area contributed by atoms with Crippen LogP contribution in [0.4, 0.5) is 5.82 Å². The van der Waals surface area contributed by atoms with Gasteiger partial charge in [0.15, 0.2) is 0 Å². The van der Waals surface area contributed by atoms with Crippen molar-refractivity contribution in [1.82, 2.24) is 24.4 Å². The average molecular weight is 409 g/mol. The highest BCUT2D eigenvalue weighted by molar-refractivity contribution is 5.97. The maximum atomic E-state index is 13.1. The summed E-state index contributed by atoms with van der Waals surface area (Å²) in [5.41, 5.74) is 1.43. The van der Waals surface area contributed by atoms with Crippen LogP contribution in [0.3, 0.4) is 0 Å². The number of piperidine rings is 1. The van der Waals surface area contributed by atoms with E-state index in [1.165, 1.54) is 0 Å². The van der Waals surface area contributed by atoms with Gasteiger partial charge in [-0.2, -0.15) is 0 Å². The van der Waals surface area contributed by atoms with E-state index in [2.05, 4.69) is 26.4 Å². The van der Waals surface area contributed by atoms with Crippen molar-refractivity contribution < 1.29 is 9.90 Å². The first-order valence-corrected chi connectivity index (χ1v) is 10.4. The maximum absolute atomic E-state index is 13.1. The second-order valence-corrected chi connectivity index (χ2v) is 8.08. The van der Waals surface area contributed by atoms with E-state index in [1.54, 1.807) is 30.5 Å². The Hall–Kier alpha value is -3.00. The predicted octanol–water partition coefficient (Wildman–Crippen LogP) is 2.26. The van der Waals surface area contributed by atoms with Crippen LogP contribution in [0, 0.1) is 6.92 Å². The lowest BCUT2D eigenvalue weighted by Gasteiger charge is -2.41. The molecular formula is C22H28N6O2. The Labute approximate surface area is 176 Å². The number of hydrogen-bond donors (Lipinski definition) is 1. The molecule has 4 rings (SSSR count). The molecule has 0 spiro atoms. The Morgan fingerprint density at radius 1 is 1.33 bits per heavy atom. The Morgan fingerprint density at radius 2 is 2.17 bits per heavy atom. The molecule has 2 aromatic heterocycles. The number of aliphatic hydroxyl groups is 1. The fourth-order valence-corrected chi connectivity index (χ4v) is 4.41. The zero-order chi connectivity index (χ0) is 21.3. The maximum Gasteiger partial charge on any atom is 0.253 e. The molecular weight excluding hydrogens is 380 g/mol. The van der Waals surface area contributed by atoms with Gasteiger partial charge in [0.25, 0.3) is 5.91 Å². The molecule has 1 atom stereocenters. The molecule has 8 heteroatoms. The summed E-state index contributed by atoms with van der Waals surface area (Å²) in [6.45, 7) is 6.37. The van der Waals surface area contributed by atoms with Crippen molar-refractivity contribution >= 4 is 22.8 Å². The number of likely N-dealkylation sites (N-methyl/N-ethyl adjacent to an activating group) is 1. The van der Waals surface area contributed by atoms with Gasteiger partial charge in [0.05, 0.1) is 29.4 Å². The molecule has 1 aliphatic heterocycles. The van der Waals surface area contributed by atoms with Crippen molar-refractivity contribution in [2.24, 2.45) is 0 Å². The number of carbonyl (C=O) groups is 1. The number of imidazole rings is 1. The van der Waals surface area contributed by atoms with E-state index in [9.17, 15) is 9.90 Å². The largest absolute Gasteiger partial charge is 0.386 e. The van der Waals surface area contributed by atoms with Crippen LogP contribution in [0.25, 0.3) is 11.0 Å². The molecule has 158 valence electrons. The summed E-state index contributed by atoms with van der Waals surface area (Å²) in [4.78, 5) is 29.7. The van der Waals surface area contributed by atoms with Crippen LogP contribution in [0.5, 0.6) is 0 Å². The van der Waals surface area contributed by atoms with Gasteiger partial charge in [0.1, 0.15) is 11.6 Å². The van der Waals surface area contributed by atoms with Crippen LogP contribution in [0.2, 0.25) is 0 Å². The Morgan fingerprint density at radius 3 is 2.90 bits per heavy atom. The van der Waals surface area contributed by atoms with E-state index in [0.29, 0.717) is 18.5 Å². The lowest BCUT2D eigenvalue weighted by Crippen LogP contribution is -2.54. The van der Waals surface area contributed by atoms with E-state index in [4.69, 9.17) is 0 Å². The SMILES string of the molecule is CCn1c(C)nc2cc(C(=O)N(C)CC3(O)CCCN(c4cnccn4)C3)ccc21. The van der Waals surface area contributed by atoms with Crippen LogP contribution in [0.15, 0.2) is 36.8 Å². The van der Waals surface area contributed by atoms with E-state index < -0.39 is 5.60 Å². The van der Waals surface area contributed by atoms with E-state index in [0.717, 1.165) is 42.2 Å². The number of carbonyl (C=O) groups excluding carboxylic acids is 1. The number of anilines is 1. The molecule has 30 heavy (non-hydrogen) atoms. The third kappa shape index (κ3) is 3.87. The molecule has 1 N–H and O–H groups in total. The zero-order valence-corrected chi connectivity index (χ0v) is 17.7. The monoisotopic (exact) mass is 408 g/mol. The fourth-order valence-electron chi connectivity index (χ4n) is 4.41. The molecule has 0 bridgehead atoms. The topological polar surface area (TPSA) is 87.4 Å². The Kier molecular flexibility index (Phi) is 5.42. The van der Waals surface area contributed by atoms with Crippen molar-refractivity contribution in [2.75, 3.05) is 31.6 Å². The highest BCUT2D eigenvalue weighted by atomic mass is 16.3. The summed E-state index contributed by atoms with van der Waals surface area (Å²) in [5.74, 6) is 1.56. The molecule has 1 aromatic carbocycles. The van der Waals surface area contributed by atoms with Gasteiger partial charge in [-0.3, -0.25) is 9.78 Å². The van der Waals surface area contributed by atoms with Crippen LogP contribution in [-0.4, -0.2) is 67.7 Å². The highest BCUT2D eigenvalue weighted by Crippen LogP contribution is 2.26. The standard InChI is InChI=1S/C22H28N6O2/c1-4-28-16(2)25-18-12-17(6-7-19(18)28)21(29)26(3)14-22(30)8-5-11-27(15-22)20-13-23-9-10-24-20/h6-7,9-10,12-13,30H,4-5,8,11,14-15H2,1-3H3. The first-order chi connectivity index (χ1) is 14.4. The van der Waals surface area contributed by atoms with Crippen LogP contribution in [0.1, 0.15) is 35.9 Å². The first-order valence-electron chi connectivity index (χ1n) is 10.4. The summed E-state index contributed by atoms with van der Waals surface area (Å²) >= 11 is 0. The van der Waals surface area contributed by atoms with E-state index in [-0.39, 0.29) is 12.5 Å². The number of hydrogen-bond acceptors (Lipinski definition) is 6. The molecule has 0 saturated carbocycles. The number of benzene rings is 1. The highest BCUT2D eigenvalue weighted by Gasteiger charge is 2.36. The molecule has 0 radical (unpaired) electrons. The van der Waals surface area contributed by atoms with Crippen molar-refractivity contribution in [3.05, 3.63) is 48.2 Å². The summed E-state index contributed by atoms with van der Waals surface area (Å²) < 4.78 is 2.12. The smallest absolute Gasteiger partial charge is 0.253 e. The van der Waals surface area contributed by atoms with Gasteiger partial charge in [-0.1, -0.05) is 0 Å². The van der Waals surface area contributed by atoms with Gasteiger partial charge >= 0.3 is 0 Å². The molecule has 3 aromatic rings. The molecule has 1 fully saturated rings. The van der Waals surface area contributed by atoms with Crippen molar-refractivity contribution in [1.29, 1.82) is 0 Å². The Bertz CT molecular complexity index is 1050. The summed E-state index contributed by atoms with van der Waals surface area (Å²) in [5, 5.41) is 11.2. The van der Waals surface area contributed by atoms with Gasteiger partial charge in [-0.25, -0.2) is 9.97 Å². The number of β-amino-alcohol motifs (C(OH)–C–C–N with tert-alkyl or cyclic N) is 1. The average Bonchev–Trinajstić information content (AvgIpc) is 3.07. The third-order valence-electron chi connectivity index (χ3n) is 5.81. The van der Waals surface area contributed by atoms with Crippen molar-refractivity contribution in [2.45, 2.75) is 38.8 Å². The minimum atomic E-state index is -0.995. The van der Waals surface area contributed by atoms with E-state index in [1.807, 2.05) is 30.0 Å².